The fourth-order valence-corrected chi connectivity index (χ4v) is 2.65. The first-order valence-electron chi connectivity index (χ1n) is 8.47. The lowest BCUT2D eigenvalue weighted by molar-refractivity contribution is -0.146. The largest absolute Gasteiger partial charge is 0.497 e. The van der Waals surface area contributed by atoms with E-state index >= 15 is 0 Å². The van der Waals surface area contributed by atoms with Crippen LogP contribution in [0.25, 0.3) is 0 Å². The fraction of sp³-hybridized carbons (Fsp3) is 0.556. The Morgan fingerprint density at radius 3 is 2.29 bits per heavy atom. The van der Waals surface area contributed by atoms with Crippen LogP contribution in [-0.2, 0) is 9.59 Å². The topological polar surface area (TPSA) is 61.9 Å². The zero-order chi connectivity index (χ0) is 17.5. The molecular formula is C18H27N3O3. The van der Waals surface area contributed by atoms with Gasteiger partial charge in [-0.25, -0.2) is 0 Å². The quantitative estimate of drug-likeness (QED) is 0.830. The molecule has 1 aliphatic heterocycles. The van der Waals surface area contributed by atoms with Gasteiger partial charge >= 0.3 is 11.8 Å². The number of carbonyl (C=O) groups is 2. The highest BCUT2D eigenvalue weighted by atomic mass is 16.5. The number of amides is 2. The molecule has 1 saturated heterocycles. The average molecular weight is 333 g/mol. The van der Waals surface area contributed by atoms with Crippen molar-refractivity contribution in [1.29, 1.82) is 0 Å². The number of nitrogens with zero attached hydrogens (tertiary/aromatic N) is 2. The summed E-state index contributed by atoms with van der Waals surface area (Å²) < 4.78 is 5.16. The van der Waals surface area contributed by atoms with Crippen molar-refractivity contribution in [3.63, 3.8) is 0 Å². The van der Waals surface area contributed by atoms with Crippen molar-refractivity contribution in [3.05, 3.63) is 24.3 Å². The van der Waals surface area contributed by atoms with Crippen LogP contribution in [0.4, 0.5) is 5.69 Å². The summed E-state index contributed by atoms with van der Waals surface area (Å²) in [5, 5.41) is 2.71. The average Bonchev–Trinajstić information content (AvgIpc) is 2.61. The fourth-order valence-electron chi connectivity index (χ4n) is 2.65. The number of ether oxygens (including phenoxy) is 1. The zero-order valence-corrected chi connectivity index (χ0v) is 14.7. The number of anilines is 1. The second kappa shape index (κ2) is 8.57. The van der Waals surface area contributed by atoms with Crippen LogP contribution in [0.5, 0.6) is 5.75 Å². The first-order chi connectivity index (χ1) is 11.5. The van der Waals surface area contributed by atoms with Gasteiger partial charge in [0.2, 0.25) is 0 Å². The van der Waals surface area contributed by atoms with Crippen LogP contribution in [0.1, 0.15) is 20.3 Å². The standard InChI is InChI=1S/C18H27N3O3/c1-14(2)8-9-19-17(22)18(23)21-12-10-20(11-13-21)15-4-6-16(24-3)7-5-15/h4-7,14H,8-13H2,1-3H3,(H,19,22). The molecule has 24 heavy (non-hydrogen) atoms. The number of benzene rings is 1. The molecule has 0 saturated carbocycles. The van der Waals surface area contributed by atoms with Gasteiger partial charge in [-0.1, -0.05) is 13.8 Å². The predicted molar refractivity (Wildman–Crippen MR) is 94.3 cm³/mol. The third-order valence-electron chi connectivity index (χ3n) is 4.21. The normalized spacial score (nSPS) is 14.7. The summed E-state index contributed by atoms with van der Waals surface area (Å²) in [4.78, 5) is 27.9. The number of carbonyl (C=O) groups excluding carboxylic acids is 2. The molecule has 1 aromatic carbocycles. The van der Waals surface area contributed by atoms with E-state index in [0.717, 1.165) is 30.9 Å². The number of piperazine rings is 1. The van der Waals surface area contributed by atoms with Crippen LogP contribution < -0.4 is 15.0 Å². The Morgan fingerprint density at radius 2 is 1.75 bits per heavy atom. The summed E-state index contributed by atoms with van der Waals surface area (Å²) in [5.41, 5.74) is 1.10. The van der Waals surface area contributed by atoms with Gasteiger partial charge in [-0.2, -0.15) is 0 Å². The minimum atomic E-state index is -0.492. The molecule has 0 unspecified atom stereocenters. The molecule has 0 bridgehead atoms. The molecule has 0 atom stereocenters. The van der Waals surface area contributed by atoms with Gasteiger partial charge in [0.25, 0.3) is 0 Å². The smallest absolute Gasteiger partial charge is 0.312 e. The van der Waals surface area contributed by atoms with Crippen LogP contribution >= 0.6 is 0 Å². The van der Waals surface area contributed by atoms with E-state index in [4.69, 9.17) is 4.74 Å². The van der Waals surface area contributed by atoms with Gasteiger partial charge < -0.3 is 19.9 Å². The van der Waals surface area contributed by atoms with Crippen LogP contribution in [0.15, 0.2) is 24.3 Å². The van der Waals surface area contributed by atoms with Gasteiger partial charge in [-0.05, 0) is 36.6 Å². The first-order valence-corrected chi connectivity index (χ1v) is 8.47. The van der Waals surface area contributed by atoms with Gasteiger partial charge in [0.05, 0.1) is 7.11 Å². The van der Waals surface area contributed by atoms with Gasteiger partial charge in [0, 0.05) is 38.4 Å². The Morgan fingerprint density at radius 1 is 1.12 bits per heavy atom. The highest BCUT2D eigenvalue weighted by Crippen LogP contribution is 2.20. The van der Waals surface area contributed by atoms with Gasteiger partial charge in [-0.15, -0.1) is 0 Å². The lowest BCUT2D eigenvalue weighted by Crippen LogP contribution is -2.52. The van der Waals surface area contributed by atoms with Gasteiger partial charge in [0.1, 0.15) is 5.75 Å². The Kier molecular flexibility index (Phi) is 6.46. The Hall–Kier alpha value is -2.24. The number of nitrogens with one attached hydrogen (secondary N) is 1. The molecule has 132 valence electrons. The van der Waals surface area contributed by atoms with E-state index in [-0.39, 0.29) is 0 Å². The molecule has 1 fully saturated rings. The highest BCUT2D eigenvalue weighted by molar-refractivity contribution is 6.35. The zero-order valence-electron chi connectivity index (χ0n) is 14.7. The van der Waals surface area contributed by atoms with E-state index in [9.17, 15) is 9.59 Å². The van der Waals surface area contributed by atoms with Crippen LogP contribution in [0.3, 0.4) is 0 Å². The molecule has 0 aromatic heterocycles. The van der Waals surface area contributed by atoms with E-state index in [1.54, 1.807) is 12.0 Å². The molecule has 1 aliphatic rings. The SMILES string of the molecule is COc1ccc(N2CCN(C(=O)C(=O)NCCC(C)C)CC2)cc1. The molecule has 1 N–H and O–H groups in total. The predicted octanol–water partition coefficient (Wildman–Crippen LogP) is 1.51. The van der Waals surface area contributed by atoms with Crippen molar-refractivity contribution in [3.8, 4) is 5.75 Å². The first kappa shape index (κ1) is 18.1. The molecule has 0 radical (unpaired) electrons. The molecule has 1 aromatic rings. The Labute approximate surface area is 143 Å². The molecule has 6 nitrogen and oxygen atoms in total. The van der Waals surface area contributed by atoms with Crippen molar-refractivity contribution < 1.29 is 14.3 Å². The third kappa shape index (κ3) is 4.88. The van der Waals surface area contributed by atoms with Crippen LogP contribution in [0.2, 0.25) is 0 Å². The summed E-state index contributed by atoms with van der Waals surface area (Å²) in [5.74, 6) is 0.417. The molecule has 2 amide bonds. The minimum Gasteiger partial charge on any atom is -0.497 e. The van der Waals surface area contributed by atoms with Crippen molar-refractivity contribution in [2.24, 2.45) is 5.92 Å². The highest BCUT2D eigenvalue weighted by Gasteiger charge is 2.25. The van der Waals surface area contributed by atoms with Gasteiger partial charge in [-0.3, -0.25) is 9.59 Å². The molecule has 6 heteroatoms. The van der Waals surface area contributed by atoms with Crippen LogP contribution in [0, 0.1) is 5.92 Å². The summed E-state index contributed by atoms with van der Waals surface area (Å²) in [7, 11) is 1.64. The van der Waals surface area contributed by atoms with E-state index in [1.165, 1.54) is 0 Å². The second-order valence-corrected chi connectivity index (χ2v) is 6.42. The van der Waals surface area contributed by atoms with E-state index in [0.29, 0.717) is 25.6 Å². The molecule has 1 heterocycles. The number of methoxy groups -OCH3 is 1. The molecule has 0 aliphatic carbocycles. The van der Waals surface area contributed by atoms with E-state index in [1.807, 2.05) is 24.3 Å². The lowest BCUT2D eigenvalue weighted by Gasteiger charge is -2.35. The molecular weight excluding hydrogens is 306 g/mol. The molecule has 2 rings (SSSR count). The van der Waals surface area contributed by atoms with E-state index < -0.39 is 11.8 Å². The Bertz CT molecular complexity index is 549. The Balaban J connectivity index is 1.80. The maximum Gasteiger partial charge on any atom is 0.312 e. The van der Waals surface area contributed by atoms with Crippen molar-refractivity contribution in [1.82, 2.24) is 10.2 Å². The monoisotopic (exact) mass is 333 g/mol. The molecule has 0 spiro atoms. The summed E-state index contributed by atoms with van der Waals surface area (Å²) in [6.45, 7) is 7.28. The number of hydrogen-bond acceptors (Lipinski definition) is 4. The third-order valence-corrected chi connectivity index (χ3v) is 4.21. The maximum atomic E-state index is 12.2. The van der Waals surface area contributed by atoms with E-state index in [2.05, 4.69) is 24.1 Å². The summed E-state index contributed by atoms with van der Waals surface area (Å²) >= 11 is 0. The minimum absolute atomic E-state index is 0.423. The number of rotatable bonds is 5. The maximum absolute atomic E-state index is 12.2. The van der Waals surface area contributed by atoms with Crippen molar-refractivity contribution >= 4 is 17.5 Å². The van der Waals surface area contributed by atoms with Crippen molar-refractivity contribution in [2.45, 2.75) is 20.3 Å². The van der Waals surface area contributed by atoms with Crippen molar-refractivity contribution in [2.75, 3.05) is 44.7 Å². The second-order valence-electron chi connectivity index (χ2n) is 6.42. The van der Waals surface area contributed by atoms with Crippen LogP contribution in [-0.4, -0.2) is 56.5 Å². The summed E-state index contributed by atoms with van der Waals surface area (Å²) in [6.07, 6.45) is 0.879. The summed E-state index contributed by atoms with van der Waals surface area (Å²) in [6, 6.07) is 7.87. The number of hydrogen-bond donors (Lipinski definition) is 1. The lowest BCUT2D eigenvalue weighted by atomic mass is 10.1. The van der Waals surface area contributed by atoms with Gasteiger partial charge in [0.15, 0.2) is 0 Å².